The number of carbonyl (C=O) groups excluding carboxylic acids is 1. The van der Waals surface area contributed by atoms with Gasteiger partial charge in [0.25, 0.3) is 0 Å². The quantitative estimate of drug-likeness (QED) is 0.370. The van der Waals surface area contributed by atoms with Gasteiger partial charge in [-0.15, -0.1) is 0 Å². The van der Waals surface area contributed by atoms with Gasteiger partial charge in [-0.25, -0.2) is 0 Å². The third kappa shape index (κ3) is 3.91. The van der Waals surface area contributed by atoms with Gasteiger partial charge in [0.2, 0.25) is 0 Å². The van der Waals surface area contributed by atoms with Crippen LogP contribution < -0.4 is 0 Å². The second-order valence-corrected chi connectivity index (χ2v) is 7.53. The van der Waals surface area contributed by atoms with E-state index in [-0.39, 0.29) is 18.0 Å². The van der Waals surface area contributed by atoms with Crippen LogP contribution in [-0.4, -0.2) is 16.5 Å². The highest BCUT2D eigenvalue weighted by Crippen LogP contribution is 2.43. The molecule has 0 aromatic carbocycles. The summed E-state index contributed by atoms with van der Waals surface area (Å²) in [4.78, 5) is 12.2. The Kier molecular flexibility index (Phi) is 6.33. The molecule has 118 valence electrons. The van der Waals surface area contributed by atoms with Crippen LogP contribution in [0.15, 0.2) is 23.8 Å². The molecule has 5 atom stereocenters. The fraction of sp³-hybridized carbons (Fsp3) is 0.722. The molecule has 0 N–H and O–H groups in total. The fourth-order valence-electron chi connectivity index (χ4n) is 3.51. The predicted octanol–water partition coefficient (Wildman–Crippen LogP) is 4.93. The highest BCUT2D eigenvalue weighted by molar-refractivity contribution is 14.1. The van der Waals surface area contributed by atoms with Crippen LogP contribution in [0.5, 0.6) is 0 Å². The van der Waals surface area contributed by atoms with Crippen molar-refractivity contribution in [1.29, 1.82) is 0 Å². The molecule has 3 heteroatoms. The molecule has 2 nitrogen and oxygen atoms in total. The first-order valence-electron chi connectivity index (χ1n) is 8.23. The van der Waals surface area contributed by atoms with E-state index >= 15 is 0 Å². The van der Waals surface area contributed by atoms with Gasteiger partial charge in [-0.1, -0.05) is 61.6 Å². The van der Waals surface area contributed by atoms with Gasteiger partial charge in [-0.2, -0.15) is 0 Å². The number of ether oxygens (including phenoxy) is 1. The molecule has 2 aliphatic carbocycles. The number of hydrogen-bond donors (Lipinski definition) is 0. The van der Waals surface area contributed by atoms with Crippen molar-refractivity contribution in [2.75, 3.05) is 4.43 Å². The summed E-state index contributed by atoms with van der Waals surface area (Å²) in [5.74, 6) is 1.58. The smallest absolute Gasteiger partial charge is 0.308 e. The average molecular weight is 402 g/mol. The molecule has 0 amide bonds. The van der Waals surface area contributed by atoms with Crippen LogP contribution in [0.2, 0.25) is 0 Å². The minimum Gasteiger partial charge on any atom is -0.461 e. The summed E-state index contributed by atoms with van der Waals surface area (Å²) in [5.41, 5.74) is 1.40. The van der Waals surface area contributed by atoms with Crippen molar-refractivity contribution >= 4 is 28.6 Å². The Labute approximate surface area is 142 Å². The van der Waals surface area contributed by atoms with Crippen molar-refractivity contribution in [3.63, 3.8) is 0 Å². The monoisotopic (exact) mass is 402 g/mol. The summed E-state index contributed by atoms with van der Waals surface area (Å²) in [7, 11) is 0. The molecule has 0 aliphatic heterocycles. The summed E-state index contributed by atoms with van der Waals surface area (Å²) in [6.07, 6.45) is 11.1. The molecular weight excluding hydrogens is 375 g/mol. The first kappa shape index (κ1) is 17.0. The summed E-state index contributed by atoms with van der Waals surface area (Å²) in [5, 5.41) is 0. The minimum atomic E-state index is -0.0146. The van der Waals surface area contributed by atoms with E-state index < -0.39 is 0 Å². The number of esters is 1. The van der Waals surface area contributed by atoms with Crippen molar-refractivity contribution in [1.82, 2.24) is 0 Å². The Morgan fingerprint density at radius 1 is 1.52 bits per heavy atom. The second-order valence-electron chi connectivity index (χ2n) is 6.45. The molecule has 0 radical (unpaired) electrons. The van der Waals surface area contributed by atoms with Crippen LogP contribution >= 0.6 is 22.6 Å². The maximum Gasteiger partial charge on any atom is 0.308 e. The highest BCUT2D eigenvalue weighted by Gasteiger charge is 2.39. The molecule has 0 bridgehead atoms. The van der Waals surface area contributed by atoms with E-state index in [2.05, 4.69) is 47.7 Å². The van der Waals surface area contributed by atoms with Crippen molar-refractivity contribution in [2.45, 2.75) is 52.6 Å². The van der Waals surface area contributed by atoms with Gasteiger partial charge in [0.1, 0.15) is 6.10 Å². The van der Waals surface area contributed by atoms with Crippen molar-refractivity contribution < 1.29 is 9.53 Å². The average Bonchev–Trinajstić information content (AvgIpc) is 2.49. The molecule has 0 saturated carbocycles. The van der Waals surface area contributed by atoms with E-state index in [1.807, 2.05) is 13.8 Å². The van der Waals surface area contributed by atoms with E-state index in [9.17, 15) is 4.79 Å². The third-order valence-electron chi connectivity index (χ3n) is 5.07. The maximum atomic E-state index is 12.2. The number of alkyl halides is 1. The Morgan fingerprint density at radius 2 is 2.29 bits per heavy atom. The van der Waals surface area contributed by atoms with Gasteiger partial charge in [0, 0.05) is 5.92 Å². The Bertz CT molecular complexity index is 427. The molecule has 2 rings (SSSR count). The number of halogens is 1. The van der Waals surface area contributed by atoms with Gasteiger partial charge in [0.15, 0.2) is 0 Å². The van der Waals surface area contributed by atoms with E-state index in [0.29, 0.717) is 17.8 Å². The van der Waals surface area contributed by atoms with Gasteiger partial charge in [-0.05, 0) is 47.5 Å². The molecule has 5 unspecified atom stereocenters. The number of fused-ring (bicyclic) bond motifs is 1. The molecule has 0 fully saturated rings. The standard InChI is InChI=1S/C18H27IO2/c1-4-12(2)18(20)21-16-7-5-6-14-9-8-13(3)15(10-11-19)17(14)16/h6,8-9,12-13,15-17H,4-5,7,10-11H2,1-3H3. The second kappa shape index (κ2) is 7.80. The lowest BCUT2D eigenvalue weighted by atomic mass is 9.67. The van der Waals surface area contributed by atoms with Crippen LogP contribution in [0.1, 0.15) is 46.5 Å². The number of hydrogen-bond acceptors (Lipinski definition) is 2. The fourth-order valence-corrected chi connectivity index (χ4v) is 4.23. The molecular formula is C18H27IO2. The highest BCUT2D eigenvalue weighted by atomic mass is 127. The molecule has 0 saturated heterocycles. The summed E-state index contributed by atoms with van der Waals surface area (Å²) < 4.78 is 7.09. The van der Waals surface area contributed by atoms with Crippen LogP contribution in [-0.2, 0) is 9.53 Å². The van der Waals surface area contributed by atoms with E-state index in [1.54, 1.807) is 0 Å². The summed E-state index contributed by atoms with van der Waals surface area (Å²) in [6.45, 7) is 6.31. The maximum absolute atomic E-state index is 12.2. The number of allylic oxidation sites excluding steroid dienone is 3. The molecule has 0 aromatic heterocycles. The topological polar surface area (TPSA) is 26.3 Å². The van der Waals surface area contributed by atoms with Crippen LogP contribution in [0.3, 0.4) is 0 Å². The lowest BCUT2D eigenvalue weighted by Gasteiger charge is -2.41. The zero-order valence-electron chi connectivity index (χ0n) is 13.3. The minimum absolute atomic E-state index is 0.0129. The molecule has 21 heavy (non-hydrogen) atoms. The molecule has 0 aromatic rings. The number of rotatable bonds is 5. The van der Waals surface area contributed by atoms with E-state index in [0.717, 1.165) is 23.7 Å². The predicted molar refractivity (Wildman–Crippen MR) is 95.4 cm³/mol. The summed E-state index contributed by atoms with van der Waals surface area (Å²) in [6, 6.07) is 0. The van der Waals surface area contributed by atoms with Gasteiger partial charge < -0.3 is 4.74 Å². The molecule has 0 heterocycles. The van der Waals surface area contributed by atoms with Crippen LogP contribution in [0, 0.1) is 23.7 Å². The first-order valence-corrected chi connectivity index (χ1v) is 9.75. The SMILES string of the molecule is CCC(C)C(=O)OC1CCC=C2C=CC(C)C(CCI)C21. The zero-order chi connectivity index (χ0) is 15.4. The van der Waals surface area contributed by atoms with Gasteiger partial charge >= 0.3 is 5.97 Å². The Hall–Kier alpha value is -0.320. The normalized spacial score (nSPS) is 33.0. The molecule has 2 aliphatic rings. The third-order valence-corrected chi connectivity index (χ3v) is 5.69. The number of carbonyl (C=O) groups is 1. The summed E-state index contributed by atoms with van der Waals surface area (Å²) >= 11 is 2.46. The van der Waals surface area contributed by atoms with Gasteiger partial charge in [-0.3, -0.25) is 4.79 Å². The van der Waals surface area contributed by atoms with Crippen molar-refractivity contribution in [3.8, 4) is 0 Å². The lowest BCUT2D eigenvalue weighted by molar-refractivity contribution is -0.157. The van der Waals surface area contributed by atoms with Crippen molar-refractivity contribution in [2.24, 2.45) is 23.7 Å². The lowest BCUT2D eigenvalue weighted by Crippen LogP contribution is -2.40. The van der Waals surface area contributed by atoms with Crippen LogP contribution in [0.25, 0.3) is 0 Å². The van der Waals surface area contributed by atoms with Crippen LogP contribution in [0.4, 0.5) is 0 Å². The van der Waals surface area contributed by atoms with E-state index in [1.165, 1.54) is 12.0 Å². The van der Waals surface area contributed by atoms with Crippen molar-refractivity contribution in [3.05, 3.63) is 23.8 Å². The Morgan fingerprint density at radius 3 is 2.95 bits per heavy atom. The zero-order valence-corrected chi connectivity index (χ0v) is 15.5. The molecule has 0 spiro atoms. The Balaban J connectivity index is 2.17. The largest absolute Gasteiger partial charge is 0.461 e. The first-order chi connectivity index (χ1) is 10.1. The van der Waals surface area contributed by atoms with Gasteiger partial charge in [0.05, 0.1) is 5.92 Å². The van der Waals surface area contributed by atoms with E-state index in [4.69, 9.17) is 4.74 Å².